The van der Waals surface area contributed by atoms with Crippen LogP contribution >= 0.6 is 0 Å². The molecule has 1 unspecified atom stereocenters. The van der Waals surface area contributed by atoms with Gasteiger partial charge >= 0.3 is 0 Å². The fraction of sp³-hybridized carbons (Fsp3) is 1.00. The molecule has 1 rings (SSSR count). The SMILES string of the molecule is [NH]CC1CCCO1. The maximum atomic E-state index is 6.87. The Morgan fingerprint density at radius 2 is 2.57 bits per heavy atom. The van der Waals surface area contributed by atoms with Gasteiger partial charge in [0, 0.05) is 13.2 Å². The first-order valence-corrected chi connectivity index (χ1v) is 2.69. The van der Waals surface area contributed by atoms with Crippen LogP contribution in [0.25, 0.3) is 0 Å². The zero-order valence-corrected chi connectivity index (χ0v) is 4.31. The van der Waals surface area contributed by atoms with Gasteiger partial charge in [-0.05, 0) is 12.8 Å². The van der Waals surface area contributed by atoms with E-state index in [2.05, 4.69) is 0 Å². The Hall–Kier alpha value is -0.0800. The number of ether oxygens (including phenoxy) is 1. The average molecular weight is 100 g/mol. The van der Waals surface area contributed by atoms with E-state index >= 15 is 0 Å². The van der Waals surface area contributed by atoms with Crippen molar-refractivity contribution in [2.75, 3.05) is 13.2 Å². The van der Waals surface area contributed by atoms with E-state index in [1.807, 2.05) is 0 Å². The Kier molecular flexibility index (Phi) is 1.65. The average Bonchev–Trinajstić information content (AvgIpc) is 2.14. The molecule has 0 amide bonds. The second kappa shape index (κ2) is 2.28. The predicted octanol–water partition coefficient (Wildman–Crippen LogP) is 0.448. The standard InChI is InChI=1S/C5H10NO/c6-4-5-2-1-3-7-5/h5-6H,1-4H2. The molecule has 7 heavy (non-hydrogen) atoms. The lowest BCUT2D eigenvalue weighted by molar-refractivity contribution is 0.116. The smallest absolute Gasteiger partial charge is 0.0714 e. The van der Waals surface area contributed by atoms with Crippen molar-refractivity contribution in [2.24, 2.45) is 0 Å². The monoisotopic (exact) mass is 100 g/mol. The van der Waals surface area contributed by atoms with Gasteiger partial charge < -0.3 is 4.74 Å². The van der Waals surface area contributed by atoms with Crippen molar-refractivity contribution >= 4 is 0 Å². The molecule has 1 aliphatic rings. The summed E-state index contributed by atoms with van der Waals surface area (Å²) in [5.74, 6) is 0. The summed E-state index contributed by atoms with van der Waals surface area (Å²) in [4.78, 5) is 0. The third kappa shape index (κ3) is 1.14. The molecule has 2 nitrogen and oxygen atoms in total. The molecule has 1 radical (unpaired) electrons. The molecule has 0 saturated carbocycles. The fourth-order valence-electron chi connectivity index (χ4n) is 0.805. The Morgan fingerprint density at radius 3 is 2.86 bits per heavy atom. The highest BCUT2D eigenvalue weighted by Crippen LogP contribution is 2.09. The summed E-state index contributed by atoms with van der Waals surface area (Å²) < 4.78 is 5.11. The van der Waals surface area contributed by atoms with Gasteiger partial charge in [0.15, 0.2) is 0 Å². The van der Waals surface area contributed by atoms with Crippen LogP contribution in [-0.2, 0) is 4.74 Å². The van der Waals surface area contributed by atoms with Gasteiger partial charge in [-0.15, -0.1) is 0 Å². The minimum atomic E-state index is 0.264. The van der Waals surface area contributed by atoms with Crippen molar-refractivity contribution in [2.45, 2.75) is 18.9 Å². The van der Waals surface area contributed by atoms with E-state index in [-0.39, 0.29) is 6.10 Å². The molecule has 0 bridgehead atoms. The van der Waals surface area contributed by atoms with Crippen molar-refractivity contribution in [3.05, 3.63) is 0 Å². The van der Waals surface area contributed by atoms with E-state index in [4.69, 9.17) is 10.5 Å². The molecule has 0 aliphatic carbocycles. The molecule has 0 aromatic heterocycles. The Bertz CT molecular complexity index is 50.0. The van der Waals surface area contributed by atoms with Crippen LogP contribution in [-0.4, -0.2) is 19.3 Å². The van der Waals surface area contributed by atoms with Crippen molar-refractivity contribution in [1.82, 2.24) is 5.73 Å². The summed E-state index contributed by atoms with van der Waals surface area (Å²) in [6, 6.07) is 0. The minimum Gasteiger partial charge on any atom is -0.377 e. The predicted molar refractivity (Wildman–Crippen MR) is 26.9 cm³/mol. The van der Waals surface area contributed by atoms with Crippen molar-refractivity contribution in [3.8, 4) is 0 Å². The third-order valence-electron chi connectivity index (χ3n) is 1.25. The summed E-state index contributed by atoms with van der Waals surface area (Å²) in [7, 11) is 0. The first-order valence-electron chi connectivity index (χ1n) is 2.69. The van der Waals surface area contributed by atoms with Gasteiger partial charge in [0.05, 0.1) is 6.10 Å². The third-order valence-corrected chi connectivity index (χ3v) is 1.25. The zero-order valence-electron chi connectivity index (χ0n) is 4.31. The van der Waals surface area contributed by atoms with Crippen LogP contribution in [0.4, 0.5) is 0 Å². The number of hydrogen-bond acceptors (Lipinski definition) is 1. The maximum Gasteiger partial charge on any atom is 0.0714 e. The van der Waals surface area contributed by atoms with Gasteiger partial charge in [-0.1, -0.05) is 0 Å². The van der Waals surface area contributed by atoms with E-state index < -0.39 is 0 Å². The number of rotatable bonds is 1. The highest BCUT2D eigenvalue weighted by Gasteiger charge is 2.12. The molecule has 0 aromatic rings. The van der Waals surface area contributed by atoms with Crippen LogP contribution in [0.2, 0.25) is 0 Å². The van der Waals surface area contributed by atoms with E-state index in [1.165, 1.54) is 0 Å². The van der Waals surface area contributed by atoms with E-state index in [0.717, 1.165) is 19.4 Å². The van der Waals surface area contributed by atoms with Crippen LogP contribution < -0.4 is 5.73 Å². The van der Waals surface area contributed by atoms with Crippen LogP contribution in [0.1, 0.15) is 12.8 Å². The zero-order chi connectivity index (χ0) is 5.11. The van der Waals surface area contributed by atoms with E-state index in [0.29, 0.717) is 6.54 Å². The van der Waals surface area contributed by atoms with E-state index in [9.17, 15) is 0 Å². The lowest BCUT2D eigenvalue weighted by atomic mass is 10.2. The summed E-state index contributed by atoms with van der Waals surface area (Å²) in [6.45, 7) is 1.32. The van der Waals surface area contributed by atoms with Crippen LogP contribution in [0.15, 0.2) is 0 Å². The first-order chi connectivity index (χ1) is 3.43. The highest BCUT2D eigenvalue weighted by atomic mass is 16.5. The number of hydrogen-bond donors (Lipinski definition) is 0. The minimum absolute atomic E-state index is 0.264. The lowest BCUT2D eigenvalue weighted by Gasteiger charge is -2.00. The second-order valence-corrected chi connectivity index (χ2v) is 1.84. The largest absolute Gasteiger partial charge is 0.377 e. The first kappa shape index (κ1) is 5.06. The topological polar surface area (TPSA) is 33.0 Å². The van der Waals surface area contributed by atoms with Gasteiger partial charge in [-0.2, -0.15) is 0 Å². The molecule has 41 valence electrons. The number of nitrogens with one attached hydrogen (secondary N) is 1. The van der Waals surface area contributed by atoms with Crippen molar-refractivity contribution < 1.29 is 4.74 Å². The molecule has 1 N–H and O–H groups in total. The normalized spacial score (nSPS) is 31.3. The van der Waals surface area contributed by atoms with Gasteiger partial charge in [0.1, 0.15) is 0 Å². The molecule has 1 atom stereocenters. The molecular formula is C5H10NO. The second-order valence-electron chi connectivity index (χ2n) is 1.84. The molecule has 1 fully saturated rings. The van der Waals surface area contributed by atoms with Crippen molar-refractivity contribution in [3.63, 3.8) is 0 Å². The van der Waals surface area contributed by atoms with Gasteiger partial charge in [-0.3, -0.25) is 5.73 Å². The van der Waals surface area contributed by atoms with Crippen LogP contribution in [0, 0.1) is 0 Å². The highest BCUT2D eigenvalue weighted by molar-refractivity contribution is 4.63. The summed E-state index contributed by atoms with van der Waals surface area (Å²) in [6.07, 6.45) is 2.52. The maximum absolute atomic E-state index is 6.87. The van der Waals surface area contributed by atoms with Gasteiger partial charge in [-0.25, -0.2) is 0 Å². The van der Waals surface area contributed by atoms with Crippen LogP contribution in [0.5, 0.6) is 0 Å². The summed E-state index contributed by atoms with van der Waals surface area (Å²) >= 11 is 0. The summed E-state index contributed by atoms with van der Waals surface area (Å²) in [5, 5.41) is 0. The van der Waals surface area contributed by atoms with Gasteiger partial charge in [0.2, 0.25) is 0 Å². The summed E-state index contributed by atoms with van der Waals surface area (Å²) in [5.41, 5.74) is 6.87. The molecule has 1 saturated heterocycles. The molecule has 0 aromatic carbocycles. The molecule has 0 spiro atoms. The van der Waals surface area contributed by atoms with E-state index in [1.54, 1.807) is 0 Å². The molecule has 2 heteroatoms. The Balaban J connectivity index is 2.14. The Morgan fingerprint density at radius 1 is 1.71 bits per heavy atom. The lowest BCUT2D eigenvalue weighted by Crippen LogP contribution is -2.10. The fourth-order valence-corrected chi connectivity index (χ4v) is 0.805. The van der Waals surface area contributed by atoms with Crippen LogP contribution in [0.3, 0.4) is 0 Å². The van der Waals surface area contributed by atoms with Crippen molar-refractivity contribution in [1.29, 1.82) is 0 Å². The molecular weight excluding hydrogens is 90.1 g/mol. The molecule has 1 aliphatic heterocycles. The quantitative estimate of drug-likeness (QED) is 0.471. The molecule has 1 heterocycles. The Labute approximate surface area is 43.6 Å². The van der Waals surface area contributed by atoms with Gasteiger partial charge in [0.25, 0.3) is 0 Å².